The van der Waals surface area contributed by atoms with E-state index in [2.05, 4.69) is 11.6 Å². The third-order valence-corrected chi connectivity index (χ3v) is 7.67. The van der Waals surface area contributed by atoms with Crippen molar-refractivity contribution in [3.05, 3.63) is 76.8 Å². The number of carbonyl (C=O) groups is 2. The number of hydrogen-bond acceptors (Lipinski definition) is 6. The molecule has 0 radical (unpaired) electrons. The highest BCUT2D eigenvalue weighted by Gasteiger charge is 2.50. The van der Waals surface area contributed by atoms with Gasteiger partial charge in [0.05, 0.1) is 47.4 Å². The molecule has 11 heteroatoms. The fourth-order valence-corrected chi connectivity index (χ4v) is 5.58. The lowest BCUT2D eigenvalue weighted by Gasteiger charge is -2.48. The quantitative estimate of drug-likeness (QED) is 0.402. The minimum Gasteiger partial charge on any atom is -0.365 e. The summed E-state index contributed by atoms with van der Waals surface area (Å²) in [6.45, 7) is 9.91. The first-order chi connectivity index (χ1) is 19.3. The second kappa shape index (κ2) is 10.5. The largest absolute Gasteiger partial charge is 0.365 e. The van der Waals surface area contributed by atoms with Gasteiger partial charge in [-0.2, -0.15) is 0 Å². The van der Waals surface area contributed by atoms with Gasteiger partial charge in [-0.15, -0.1) is 0 Å². The summed E-state index contributed by atoms with van der Waals surface area (Å²) in [4.78, 5) is 38.6. The highest BCUT2D eigenvalue weighted by molar-refractivity contribution is 6.33. The molecular formula is C30H30ClF2N5O3. The summed E-state index contributed by atoms with van der Waals surface area (Å²) in [5, 5.41) is 11.5. The van der Waals surface area contributed by atoms with Gasteiger partial charge in [0.25, 0.3) is 5.91 Å². The van der Waals surface area contributed by atoms with Crippen LogP contribution in [0, 0.1) is 19.7 Å². The lowest BCUT2D eigenvalue weighted by molar-refractivity contribution is -0.140. The normalized spacial score (nSPS) is 17.9. The summed E-state index contributed by atoms with van der Waals surface area (Å²) in [5.74, 6) is -1.76. The van der Waals surface area contributed by atoms with Crippen molar-refractivity contribution in [2.24, 2.45) is 0 Å². The highest BCUT2D eigenvalue weighted by Crippen LogP contribution is 2.46. The van der Waals surface area contributed by atoms with Gasteiger partial charge in [0, 0.05) is 11.8 Å². The number of nitrogens with zero attached hydrogens (tertiary/aromatic N) is 5. The molecule has 8 nitrogen and oxygen atoms in total. The third-order valence-electron chi connectivity index (χ3n) is 7.38. The third kappa shape index (κ3) is 4.95. The zero-order chi connectivity index (χ0) is 29.8. The van der Waals surface area contributed by atoms with E-state index in [4.69, 9.17) is 16.6 Å². The number of likely N-dealkylation sites (tertiary alicyclic amines) is 1. The van der Waals surface area contributed by atoms with Gasteiger partial charge in [0.15, 0.2) is 11.5 Å². The highest BCUT2D eigenvalue weighted by atomic mass is 35.5. The number of benzene rings is 1. The van der Waals surface area contributed by atoms with Crippen LogP contribution >= 0.6 is 11.6 Å². The molecule has 0 spiro atoms. The van der Waals surface area contributed by atoms with Crippen LogP contribution in [0.15, 0.2) is 49.2 Å². The Morgan fingerprint density at radius 2 is 1.98 bits per heavy atom. The van der Waals surface area contributed by atoms with E-state index in [0.717, 1.165) is 11.0 Å². The molecule has 2 aromatic heterocycles. The first-order valence-corrected chi connectivity index (χ1v) is 13.5. The van der Waals surface area contributed by atoms with Crippen LogP contribution in [0.2, 0.25) is 5.02 Å². The van der Waals surface area contributed by atoms with E-state index in [1.54, 1.807) is 31.3 Å². The van der Waals surface area contributed by atoms with E-state index < -0.39 is 36.1 Å². The Hall–Kier alpha value is -3.89. The minimum absolute atomic E-state index is 0.0395. The van der Waals surface area contributed by atoms with Crippen molar-refractivity contribution >= 4 is 40.6 Å². The summed E-state index contributed by atoms with van der Waals surface area (Å²) in [5.41, 5.74) is 0.941. The number of carbonyl (C=O) groups excluding carboxylic acids is 2. The Bertz CT molecular complexity index is 1570. The van der Waals surface area contributed by atoms with Crippen LogP contribution in [0.1, 0.15) is 36.6 Å². The molecule has 0 saturated carbocycles. The van der Waals surface area contributed by atoms with Gasteiger partial charge in [0.1, 0.15) is 5.82 Å². The van der Waals surface area contributed by atoms with Gasteiger partial charge in [-0.1, -0.05) is 38.1 Å². The van der Waals surface area contributed by atoms with E-state index in [1.165, 1.54) is 21.9 Å². The number of alkyl halides is 1. The molecule has 1 fully saturated rings. The molecule has 41 heavy (non-hydrogen) atoms. The van der Waals surface area contributed by atoms with Crippen LogP contribution in [0.25, 0.3) is 11.3 Å². The van der Waals surface area contributed by atoms with Crippen molar-refractivity contribution in [2.75, 3.05) is 29.4 Å². The van der Waals surface area contributed by atoms with Crippen LogP contribution in [-0.2, 0) is 9.59 Å². The summed E-state index contributed by atoms with van der Waals surface area (Å²) >= 11 is 6.65. The van der Waals surface area contributed by atoms with Gasteiger partial charge >= 0.3 is 0 Å². The van der Waals surface area contributed by atoms with Crippen molar-refractivity contribution in [2.45, 2.75) is 45.5 Å². The first-order valence-electron chi connectivity index (χ1n) is 13.2. The fraction of sp³-hybridized carbons (Fsp3) is 0.333. The molecule has 5 rings (SSSR count). The zero-order valence-electron chi connectivity index (χ0n) is 23.2. The maximum Gasteiger partial charge on any atom is 0.277 e. The number of aliphatic hydroxyl groups is 1. The molecule has 1 atom stereocenters. The number of aliphatic hydroxyl groups excluding tert-OH is 1. The van der Waals surface area contributed by atoms with E-state index in [-0.39, 0.29) is 46.8 Å². The van der Waals surface area contributed by atoms with E-state index >= 15 is 8.78 Å². The van der Waals surface area contributed by atoms with Crippen molar-refractivity contribution in [1.82, 2.24) is 14.9 Å². The molecule has 1 saturated heterocycles. The number of anilines is 3. The number of rotatable bonds is 6. The summed E-state index contributed by atoms with van der Waals surface area (Å²) in [7, 11) is 0. The Morgan fingerprint density at radius 3 is 2.61 bits per heavy atom. The lowest BCUT2D eigenvalue weighted by Crippen LogP contribution is -2.67. The van der Waals surface area contributed by atoms with Crippen LogP contribution in [0.5, 0.6) is 0 Å². The van der Waals surface area contributed by atoms with Crippen LogP contribution < -0.4 is 9.80 Å². The standard InChI is InChI=1S/C30H30ClF2N5O3/c1-6-23(39)36-13-30(33,14-36)15-37-22-12-20(31)25(19-8-7-17(4)11-21(19)32)35-27(22)38(29(41)28(37)40)26-18(5)9-10-34-24(26)16(2)3/h6-12,16,29,41H,1,13-15H2,2-5H3. The van der Waals surface area contributed by atoms with Gasteiger partial charge in [-0.25, -0.2) is 13.8 Å². The van der Waals surface area contributed by atoms with Crippen LogP contribution in [-0.4, -0.2) is 63.3 Å². The number of pyridine rings is 2. The van der Waals surface area contributed by atoms with Gasteiger partial charge in [-0.05, 0) is 61.2 Å². The SMILES string of the molecule is C=CC(=O)N1CC(F)(CN2C(=O)C(O)N(c3c(C)ccnc3C(C)C)c3nc(-c4ccc(C)cc4F)c(Cl)cc32)C1. The zero-order valence-corrected chi connectivity index (χ0v) is 23.9. The van der Waals surface area contributed by atoms with Crippen LogP contribution in [0.4, 0.5) is 26.0 Å². The molecule has 2 amide bonds. The predicted molar refractivity (Wildman–Crippen MR) is 154 cm³/mol. The average Bonchev–Trinajstić information content (AvgIpc) is 2.90. The van der Waals surface area contributed by atoms with Crippen molar-refractivity contribution in [3.8, 4) is 11.3 Å². The topological polar surface area (TPSA) is 89.9 Å². The van der Waals surface area contributed by atoms with Crippen molar-refractivity contribution < 1.29 is 23.5 Å². The lowest BCUT2D eigenvalue weighted by atomic mass is 9.94. The molecule has 2 aliphatic heterocycles. The first kappa shape index (κ1) is 28.6. The maximum atomic E-state index is 15.8. The fourth-order valence-electron chi connectivity index (χ4n) is 5.34. The molecule has 0 aliphatic carbocycles. The number of aryl methyl sites for hydroxylation is 2. The van der Waals surface area contributed by atoms with Crippen molar-refractivity contribution in [1.29, 1.82) is 0 Å². The minimum atomic E-state index is -1.94. The number of fused-ring (bicyclic) bond motifs is 1. The Kier molecular flexibility index (Phi) is 7.33. The molecule has 3 aromatic rings. The Labute approximate surface area is 241 Å². The Balaban J connectivity index is 1.69. The van der Waals surface area contributed by atoms with E-state index in [1.807, 2.05) is 20.8 Å². The van der Waals surface area contributed by atoms with E-state index in [9.17, 15) is 14.7 Å². The summed E-state index contributed by atoms with van der Waals surface area (Å²) in [6, 6.07) is 7.82. The average molecular weight is 582 g/mol. The predicted octanol–water partition coefficient (Wildman–Crippen LogP) is 5.22. The molecule has 0 bridgehead atoms. The number of halogens is 3. The second-order valence-electron chi connectivity index (χ2n) is 10.9. The van der Waals surface area contributed by atoms with Crippen LogP contribution in [0.3, 0.4) is 0 Å². The van der Waals surface area contributed by atoms with Crippen molar-refractivity contribution in [3.63, 3.8) is 0 Å². The number of amides is 2. The second-order valence-corrected chi connectivity index (χ2v) is 11.3. The molecule has 1 unspecified atom stereocenters. The summed E-state index contributed by atoms with van der Waals surface area (Å²) < 4.78 is 30.9. The molecule has 1 N–H and O–H groups in total. The maximum absolute atomic E-state index is 15.8. The number of hydrogen-bond donors (Lipinski definition) is 1. The van der Waals surface area contributed by atoms with Gasteiger partial charge in [-0.3, -0.25) is 19.5 Å². The number of aromatic nitrogens is 2. The molecule has 4 heterocycles. The molecule has 1 aromatic carbocycles. The van der Waals surface area contributed by atoms with Gasteiger partial charge in [0.2, 0.25) is 12.1 Å². The summed E-state index contributed by atoms with van der Waals surface area (Å²) in [6.07, 6.45) is 0.948. The smallest absolute Gasteiger partial charge is 0.277 e. The Morgan fingerprint density at radius 1 is 1.27 bits per heavy atom. The molecule has 2 aliphatic rings. The molecule has 214 valence electrons. The monoisotopic (exact) mass is 581 g/mol. The molecular weight excluding hydrogens is 552 g/mol. The van der Waals surface area contributed by atoms with Gasteiger partial charge < -0.3 is 14.9 Å². The van der Waals surface area contributed by atoms with E-state index in [0.29, 0.717) is 22.5 Å².